The molecular weight excluding hydrogens is 376 g/mol. The zero-order valence-electron chi connectivity index (χ0n) is 15.2. The molecule has 4 heterocycles. The summed E-state index contributed by atoms with van der Waals surface area (Å²) in [6.07, 6.45) is 7.44. The first-order chi connectivity index (χ1) is 13.8. The van der Waals surface area contributed by atoms with Crippen LogP contribution in [0.2, 0.25) is 5.02 Å². The number of hydrogen-bond acceptors (Lipinski definition) is 5. The van der Waals surface area contributed by atoms with E-state index in [0.29, 0.717) is 22.9 Å². The molecule has 3 aromatic heterocycles. The lowest BCUT2D eigenvalue weighted by Crippen LogP contribution is -2.87. The van der Waals surface area contributed by atoms with Gasteiger partial charge in [0.25, 0.3) is 0 Å². The number of oxazole rings is 1. The van der Waals surface area contributed by atoms with E-state index in [2.05, 4.69) is 20.6 Å². The van der Waals surface area contributed by atoms with Crippen LogP contribution >= 0.6 is 11.6 Å². The number of nitrogens with two attached hydrogens (primary N) is 1. The Morgan fingerprint density at radius 3 is 2.86 bits per heavy atom. The second-order valence-corrected chi connectivity index (χ2v) is 7.30. The minimum absolute atomic E-state index is 0.405. The minimum Gasteiger partial charge on any atom is -0.432 e. The summed E-state index contributed by atoms with van der Waals surface area (Å²) in [5.41, 5.74) is 3.18. The summed E-state index contributed by atoms with van der Waals surface area (Å²) >= 11 is 6.44. The zero-order chi connectivity index (χ0) is 18.9. The van der Waals surface area contributed by atoms with Crippen LogP contribution in [0.1, 0.15) is 12.8 Å². The molecule has 0 radical (unpaired) electrons. The van der Waals surface area contributed by atoms with Crippen molar-refractivity contribution in [1.82, 2.24) is 19.4 Å². The molecule has 0 aliphatic carbocycles. The van der Waals surface area contributed by atoms with Crippen molar-refractivity contribution in [2.45, 2.75) is 18.9 Å². The molecule has 0 atom stereocenters. The van der Waals surface area contributed by atoms with Crippen LogP contribution in [0.3, 0.4) is 0 Å². The maximum atomic E-state index is 6.44. The van der Waals surface area contributed by atoms with Gasteiger partial charge in [0.1, 0.15) is 17.7 Å². The van der Waals surface area contributed by atoms with Crippen LogP contribution in [0.5, 0.6) is 0 Å². The van der Waals surface area contributed by atoms with Gasteiger partial charge in [0.15, 0.2) is 0 Å². The van der Waals surface area contributed by atoms with Gasteiger partial charge in [-0.3, -0.25) is 4.40 Å². The van der Waals surface area contributed by atoms with Crippen LogP contribution in [0.4, 0.5) is 5.95 Å². The van der Waals surface area contributed by atoms with Crippen molar-refractivity contribution in [3.8, 4) is 22.6 Å². The van der Waals surface area contributed by atoms with Gasteiger partial charge in [-0.1, -0.05) is 29.8 Å². The van der Waals surface area contributed by atoms with Crippen molar-refractivity contribution < 1.29 is 9.73 Å². The molecule has 1 saturated heterocycles. The van der Waals surface area contributed by atoms with E-state index in [1.165, 1.54) is 0 Å². The van der Waals surface area contributed by atoms with E-state index in [1.807, 2.05) is 40.9 Å². The highest BCUT2D eigenvalue weighted by molar-refractivity contribution is 6.33. The predicted molar refractivity (Wildman–Crippen MR) is 107 cm³/mol. The molecule has 1 aromatic carbocycles. The van der Waals surface area contributed by atoms with Crippen LogP contribution in [0.15, 0.2) is 53.4 Å². The van der Waals surface area contributed by atoms with E-state index in [-0.39, 0.29) is 0 Å². The van der Waals surface area contributed by atoms with Crippen LogP contribution in [-0.2, 0) is 0 Å². The third-order valence-corrected chi connectivity index (χ3v) is 5.39. The van der Waals surface area contributed by atoms with E-state index >= 15 is 0 Å². The lowest BCUT2D eigenvalue weighted by Gasteiger charge is -2.21. The van der Waals surface area contributed by atoms with E-state index in [4.69, 9.17) is 21.0 Å². The molecule has 1 fully saturated rings. The summed E-state index contributed by atoms with van der Waals surface area (Å²) in [4.78, 5) is 13.8. The van der Waals surface area contributed by atoms with E-state index in [0.717, 1.165) is 48.6 Å². The van der Waals surface area contributed by atoms with E-state index < -0.39 is 0 Å². The molecule has 28 heavy (non-hydrogen) atoms. The Morgan fingerprint density at radius 1 is 1.14 bits per heavy atom. The molecule has 0 saturated carbocycles. The number of halogens is 1. The van der Waals surface area contributed by atoms with Crippen molar-refractivity contribution in [1.29, 1.82) is 0 Å². The highest BCUT2D eigenvalue weighted by Gasteiger charge is 2.22. The van der Waals surface area contributed by atoms with Crippen molar-refractivity contribution in [2.75, 3.05) is 18.4 Å². The maximum absolute atomic E-state index is 6.44. The third kappa shape index (κ3) is 3.12. The van der Waals surface area contributed by atoms with Crippen molar-refractivity contribution >= 4 is 23.4 Å². The highest BCUT2D eigenvalue weighted by Crippen LogP contribution is 2.35. The van der Waals surface area contributed by atoms with Crippen molar-refractivity contribution in [2.24, 2.45) is 0 Å². The van der Waals surface area contributed by atoms with Crippen LogP contribution in [0, 0.1) is 0 Å². The SMILES string of the molecule is Clc1ccccc1-c1nc2occn2c1-c1ccnc(NC2CC[NH2+]CC2)n1. The molecule has 0 spiro atoms. The Bertz CT molecular complexity index is 1110. The number of benzene rings is 1. The second kappa shape index (κ2) is 7.26. The average molecular weight is 396 g/mol. The van der Waals surface area contributed by atoms with Gasteiger partial charge in [-0.05, 0) is 12.1 Å². The Labute approximate surface area is 166 Å². The van der Waals surface area contributed by atoms with Gasteiger partial charge < -0.3 is 15.1 Å². The van der Waals surface area contributed by atoms with Crippen molar-refractivity contribution in [3.05, 3.63) is 54.0 Å². The lowest BCUT2D eigenvalue weighted by atomic mass is 10.1. The minimum atomic E-state index is 0.405. The topological polar surface area (TPSA) is 84.9 Å². The Morgan fingerprint density at radius 2 is 2.00 bits per heavy atom. The second-order valence-electron chi connectivity index (χ2n) is 6.89. The molecule has 4 aromatic rings. The first-order valence-corrected chi connectivity index (χ1v) is 9.79. The molecular formula is C20H20ClN6O+. The number of hydrogen-bond donors (Lipinski definition) is 2. The summed E-state index contributed by atoms with van der Waals surface area (Å²) < 4.78 is 7.41. The van der Waals surface area contributed by atoms with Crippen LogP contribution in [0.25, 0.3) is 28.5 Å². The number of quaternary nitrogens is 1. The fraction of sp³-hybridized carbons (Fsp3) is 0.250. The third-order valence-electron chi connectivity index (χ3n) is 5.06. The molecule has 1 aliphatic rings. The van der Waals surface area contributed by atoms with Gasteiger partial charge in [-0.2, -0.15) is 4.98 Å². The molecule has 0 unspecified atom stereocenters. The molecule has 1 aliphatic heterocycles. The average Bonchev–Trinajstić information content (AvgIpc) is 3.30. The molecule has 7 nitrogen and oxygen atoms in total. The number of nitrogens with one attached hydrogen (secondary N) is 1. The highest BCUT2D eigenvalue weighted by atomic mass is 35.5. The monoisotopic (exact) mass is 395 g/mol. The summed E-state index contributed by atoms with van der Waals surface area (Å²) in [5.74, 6) is 1.13. The quantitative estimate of drug-likeness (QED) is 0.555. The Balaban J connectivity index is 1.59. The van der Waals surface area contributed by atoms with Gasteiger partial charge in [-0.25, -0.2) is 9.97 Å². The summed E-state index contributed by atoms with van der Waals surface area (Å²) in [7, 11) is 0. The zero-order valence-corrected chi connectivity index (χ0v) is 15.9. The summed E-state index contributed by atoms with van der Waals surface area (Å²) in [5, 5.41) is 6.45. The van der Waals surface area contributed by atoms with Crippen molar-refractivity contribution in [3.63, 3.8) is 0 Å². The lowest BCUT2D eigenvalue weighted by molar-refractivity contribution is -0.662. The predicted octanol–water partition coefficient (Wildman–Crippen LogP) is 2.84. The first-order valence-electron chi connectivity index (χ1n) is 9.41. The molecule has 8 heteroatoms. The number of nitrogens with zero attached hydrogens (tertiary/aromatic N) is 4. The van der Waals surface area contributed by atoms with Gasteiger partial charge in [0.2, 0.25) is 5.95 Å². The van der Waals surface area contributed by atoms with Gasteiger partial charge in [0, 0.05) is 36.8 Å². The fourth-order valence-corrected chi connectivity index (χ4v) is 3.91. The summed E-state index contributed by atoms with van der Waals surface area (Å²) in [6.45, 7) is 2.26. The number of anilines is 1. The van der Waals surface area contributed by atoms with Gasteiger partial charge in [-0.15, -0.1) is 0 Å². The van der Waals surface area contributed by atoms with E-state index in [1.54, 1.807) is 12.5 Å². The summed E-state index contributed by atoms with van der Waals surface area (Å²) in [6, 6.07) is 9.94. The number of rotatable bonds is 4. The molecule has 0 bridgehead atoms. The number of fused-ring (bicyclic) bond motifs is 1. The number of imidazole rings is 1. The maximum Gasteiger partial charge on any atom is 0.306 e. The molecule has 5 rings (SSSR count). The van der Waals surface area contributed by atoms with Crippen LogP contribution in [-0.4, -0.2) is 38.5 Å². The Hall–Kier alpha value is -2.90. The van der Waals surface area contributed by atoms with Gasteiger partial charge >= 0.3 is 5.84 Å². The fourth-order valence-electron chi connectivity index (χ4n) is 3.69. The smallest absolute Gasteiger partial charge is 0.306 e. The standard InChI is InChI=1S/C20H19ClN6O/c21-15-4-2-1-3-14(15)17-18(27-11-12-28-20(27)26-17)16-7-10-23-19(25-16)24-13-5-8-22-9-6-13/h1-4,7,10-13,22H,5-6,8-9H2,(H,23,24,25)/p+1. The van der Waals surface area contributed by atoms with Crippen LogP contribution < -0.4 is 10.6 Å². The largest absolute Gasteiger partial charge is 0.432 e. The molecule has 142 valence electrons. The number of piperidine rings is 1. The molecule has 0 amide bonds. The van der Waals surface area contributed by atoms with E-state index in [9.17, 15) is 0 Å². The van der Waals surface area contributed by atoms with Gasteiger partial charge in [0.05, 0.1) is 23.8 Å². The Kier molecular flexibility index (Phi) is 4.46. The normalized spacial score (nSPS) is 15.2. The molecule has 3 N–H and O–H groups in total. The number of aromatic nitrogens is 4. The first kappa shape index (κ1) is 17.2.